The zero-order valence-electron chi connectivity index (χ0n) is 9.83. The maximum atomic E-state index is 11.9. The Bertz CT molecular complexity index is 357. The number of hydrogen-bond donors (Lipinski definition) is 1. The average Bonchev–Trinajstić information content (AvgIpc) is 2.47. The van der Waals surface area contributed by atoms with E-state index in [-0.39, 0.29) is 29.8 Å². The Hall–Kier alpha value is -0.0900. The van der Waals surface area contributed by atoms with Crippen molar-refractivity contribution < 1.29 is 4.79 Å². The van der Waals surface area contributed by atoms with Crippen LogP contribution >= 0.6 is 35.3 Å². The molecule has 1 unspecified atom stereocenters. The lowest BCUT2D eigenvalue weighted by molar-refractivity contribution is 0.0940. The van der Waals surface area contributed by atoms with Crippen molar-refractivity contribution in [3.8, 4) is 0 Å². The van der Waals surface area contributed by atoms with Crippen LogP contribution in [-0.2, 0) is 0 Å². The summed E-state index contributed by atoms with van der Waals surface area (Å²) >= 11 is 7.17. The standard InChI is InChI=1S/C11H16ClNOS.ClH/c1-7(13-11(2,3)4)10(14)9-5-8(12)6-15-9;/h5-7,13H,1-4H3;1H. The Morgan fingerprint density at radius 1 is 1.50 bits per heavy atom. The molecule has 5 heteroatoms. The normalized spacial score (nSPS) is 13.1. The van der Waals surface area contributed by atoms with Gasteiger partial charge in [-0.15, -0.1) is 23.7 Å². The van der Waals surface area contributed by atoms with Crippen molar-refractivity contribution in [2.75, 3.05) is 0 Å². The number of nitrogens with one attached hydrogen (secondary N) is 1. The Labute approximate surface area is 112 Å². The summed E-state index contributed by atoms with van der Waals surface area (Å²) in [7, 11) is 0. The molecular weight excluding hydrogens is 265 g/mol. The Morgan fingerprint density at radius 3 is 2.44 bits per heavy atom. The van der Waals surface area contributed by atoms with E-state index in [9.17, 15) is 4.79 Å². The first kappa shape index (κ1) is 15.9. The van der Waals surface area contributed by atoms with Gasteiger partial charge in [0, 0.05) is 10.9 Å². The summed E-state index contributed by atoms with van der Waals surface area (Å²) < 4.78 is 0. The van der Waals surface area contributed by atoms with Gasteiger partial charge in [-0.3, -0.25) is 4.79 Å². The zero-order chi connectivity index (χ0) is 11.6. The molecule has 0 aliphatic rings. The van der Waals surface area contributed by atoms with Crippen LogP contribution < -0.4 is 5.32 Å². The monoisotopic (exact) mass is 281 g/mol. The fourth-order valence-electron chi connectivity index (χ4n) is 1.37. The molecule has 1 aromatic heterocycles. The van der Waals surface area contributed by atoms with Crippen molar-refractivity contribution >= 4 is 41.1 Å². The number of hydrogen-bond acceptors (Lipinski definition) is 3. The highest BCUT2D eigenvalue weighted by molar-refractivity contribution is 7.12. The third-order valence-corrected chi connectivity index (χ3v) is 3.15. The highest BCUT2D eigenvalue weighted by Crippen LogP contribution is 2.20. The Kier molecular flexibility index (Phi) is 5.98. The maximum Gasteiger partial charge on any atom is 0.189 e. The second-order valence-corrected chi connectivity index (χ2v) is 5.96. The van der Waals surface area contributed by atoms with Gasteiger partial charge in [0.25, 0.3) is 0 Å². The predicted molar refractivity (Wildman–Crippen MR) is 73.3 cm³/mol. The topological polar surface area (TPSA) is 29.1 Å². The van der Waals surface area contributed by atoms with Crippen molar-refractivity contribution in [3.05, 3.63) is 21.3 Å². The highest BCUT2D eigenvalue weighted by Gasteiger charge is 2.21. The van der Waals surface area contributed by atoms with Crippen LogP contribution in [0.25, 0.3) is 0 Å². The van der Waals surface area contributed by atoms with Crippen LogP contribution in [-0.4, -0.2) is 17.4 Å². The summed E-state index contributed by atoms with van der Waals surface area (Å²) in [4.78, 5) is 12.6. The third-order valence-electron chi connectivity index (χ3n) is 1.85. The molecule has 0 spiro atoms. The molecule has 1 rings (SSSR count). The number of rotatable bonds is 3. The third kappa shape index (κ3) is 4.83. The van der Waals surface area contributed by atoms with E-state index in [0.717, 1.165) is 0 Å². The van der Waals surface area contributed by atoms with Crippen molar-refractivity contribution in [1.29, 1.82) is 0 Å². The van der Waals surface area contributed by atoms with Gasteiger partial charge in [0.15, 0.2) is 5.78 Å². The summed E-state index contributed by atoms with van der Waals surface area (Å²) in [6.45, 7) is 8.00. The van der Waals surface area contributed by atoms with Crippen LogP contribution in [0.5, 0.6) is 0 Å². The van der Waals surface area contributed by atoms with Gasteiger partial charge in [-0.25, -0.2) is 0 Å². The summed E-state index contributed by atoms with van der Waals surface area (Å²) in [5.74, 6) is 0.0989. The van der Waals surface area contributed by atoms with Gasteiger partial charge in [-0.1, -0.05) is 11.6 Å². The molecule has 1 atom stereocenters. The molecule has 1 heterocycles. The number of ketones is 1. The predicted octanol–water partition coefficient (Wildman–Crippen LogP) is 3.78. The molecule has 0 aromatic carbocycles. The van der Waals surface area contributed by atoms with E-state index < -0.39 is 0 Å². The van der Waals surface area contributed by atoms with Crippen LogP contribution in [0.2, 0.25) is 5.02 Å². The van der Waals surface area contributed by atoms with Crippen LogP contribution in [0.4, 0.5) is 0 Å². The van der Waals surface area contributed by atoms with E-state index in [1.54, 1.807) is 11.4 Å². The Morgan fingerprint density at radius 2 is 2.06 bits per heavy atom. The first-order valence-corrected chi connectivity index (χ1v) is 6.11. The molecule has 0 bridgehead atoms. The number of halogens is 2. The van der Waals surface area contributed by atoms with E-state index >= 15 is 0 Å². The van der Waals surface area contributed by atoms with Crippen LogP contribution in [0.3, 0.4) is 0 Å². The lowest BCUT2D eigenvalue weighted by atomic mass is 10.1. The fourth-order valence-corrected chi connectivity index (χ4v) is 2.47. The Balaban J connectivity index is 0.00000225. The van der Waals surface area contributed by atoms with E-state index in [1.165, 1.54) is 11.3 Å². The molecule has 1 N–H and O–H groups in total. The lowest BCUT2D eigenvalue weighted by Gasteiger charge is -2.24. The van der Waals surface area contributed by atoms with Crippen LogP contribution in [0.15, 0.2) is 11.4 Å². The first-order chi connectivity index (χ1) is 6.79. The molecule has 0 saturated heterocycles. The van der Waals surface area contributed by atoms with Gasteiger partial charge in [0.05, 0.1) is 15.9 Å². The number of carbonyl (C=O) groups is 1. The molecule has 0 aliphatic carbocycles. The van der Waals surface area contributed by atoms with Crippen molar-refractivity contribution in [2.24, 2.45) is 0 Å². The second kappa shape index (κ2) is 6.01. The molecule has 92 valence electrons. The summed E-state index contributed by atoms with van der Waals surface area (Å²) in [5, 5.41) is 5.65. The molecule has 0 radical (unpaired) electrons. The maximum absolute atomic E-state index is 11.9. The van der Waals surface area contributed by atoms with Gasteiger partial charge in [-0.2, -0.15) is 0 Å². The van der Waals surface area contributed by atoms with Crippen molar-refractivity contribution in [3.63, 3.8) is 0 Å². The minimum atomic E-state index is -0.181. The minimum Gasteiger partial charge on any atom is -0.303 e. The van der Waals surface area contributed by atoms with Crippen LogP contribution in [0.1, 0.15) is 37.4 Å². The molecule has 1 aromatic rings. The quantitative estimate of drug-likeness (QED) is 0.855. The minimum absolute atomic E-state index is 0. The number of Topliss-reactive ketones (excluding diaryl/α,β-unsaturated/α-hetero) is 1. The molecule has 0 aliphatic heterocycles. The molecule has 0 saturated carbocycles. The van der Waals surface area contributed by atoms with Crippen LogP contribution in [0, 0.1) is 0 Å². The largest absolute Gasteiger partial charge is 0.303 e. The van der Waals surface area contributed by atoms with Crippen molar-refractivity contribution in [2.45, 2.75) is 39.3 Å². The highest BCUT2D eigenvalue weighted by atomic mass is 35.5. The second-order valence-electron chi connectivity index (χ2n) is 4.61. The van der Waals surface area contributed by atoms with Gasteiger partial charge >= 0.3 is 0 Å². The number of thiophene rings is 1. The molecule has 0 fully saturated rings. The molecule has 16 heavy (non-hydrogen) atoms. The van der Waals surface area contributed by atoms with E-state index in [0.29, 0.717) is 9.90 Å². The SMILES string of the molecule is CC(NC(C)(C)C)C(=O)c1cc(Cl)cs1.Cl. The van der Waals surface area contributed by atoms with Gasteiger partial charge in [0.2, 0.25) is 0 Å². The van der Waals surface area contributed by atoms with Gasteiger partial charge in [0.1, 0.15) is 0 Å². The van der Waals surface area contributed by atoms with Gasteiger partial charge < -0.3 is 5.32 Å². The molecule has 0 amide bonds. The summed E-state index contributed by atoms with van der Waals surface area (Å²) in [5.41, 5.74) is -0.0594. The lowest BCUT2D eigenvalue weighted by Crippen LogP contribution is -2.45. The number of carbonyl (C=O) groups excluding carboxylic acids is 1. The van der Waals surface area contributed by atoms with E-state index in [1.807, 2.05) is 27.7 Å². The molecule has 2 nitrogen and oxygen atoms in total. The zero-order valence-corrected chi connectivity index (χ0v) is 12.2. The summed E-state index contributed by atoms with van der Waals surface area (Å²) in [6.07, 6.45) is 0. The smallest absolute Gasteiger partial charge is 0.189 e. The van der Waals surface area contributed by atoms with Crippen molar-refractivity contribution in [1.82, 2.24) is 5.32 Å². The fraction of sp³-hybridized carbons (Fsp3) is 0.545. The first-order valence-electron chi connectivity index (χ1n) is 4.85. The summed E-state index contributed by atoms with van der Waals surface area (Å²) in [6, 6.07) is 1.54. The van der Waals surface area contributed by atoms with E-state index in [4.69, 9.17) is 11.6 Å². The van der Waals surface area contributed by atoms with E-state index in [2.05, 4.69) is 5.32 Å². The van der Waals surface area contributed by atoms with Gasteiger partial charge in [-0.05, 0) is 33.8 Å². The average molecular weight is 282 g/mol. The molecular formula is C11H17Cl2NOS.